The lowest BCUT2D eigenvalue weighted by molar-refractivity contribution is 0.317. The predicted octanol–water partition coefficient (Wildman–Crippen LogP) is 1.57. The first-order valence-corrected chi connectivity index (χ1v) is 5.33. The highest BCUT2D eigenvalue weighted by Gasteiger charge is 1.95. The molecule has 0 amide bonds. The predicted molar refractivity (Wildman–Crippen MR) is 60.1 cm³/mol. The quantitative estimate of drug-likeness (QED) is 0.232. The van der Waals surface area contributed by atoms with Gasteiger partial charge >= 0.3 is 0 Å². The maximum Gasteiger partial charge on any atom is 0.158 e. The van der Waals surface area contributed by atoms with Crippen LogP contribution in [-0.2, 0) is 0 Å². The van der Waals surface area contributed by atoms with E-state index in [2.05, 4.69) is 10.5 Å². The highest BCUT2D eigenvalue weighted by Crippen LogP contribution is 2.18. The molecular weight excluding hydrogens is 198 g/mol. The molecule has 0 aliphatic carbocycles. The molecule has 76 valence electrons. The van der Waals surface area contributed by atoms with Gasteiger partial charge in [-0.05, 0) is 24.5 Å². The van der Waals surface area contributed by atoms with Gasteiger partial charge in [0.05, 0.1) is 6.54 Å². The maximum absolute atomic E-state index is 8.33. The van der Waals surface area contributed by atoms with E-state index < -0.39 is 0 Å². The molecule has 0 saturated carbocycles. The Morgan fingerprint density at radius 1 is 1.64 bits per heavy atom. The lowest BCUT2D eigenvalue weighted by atomic mass is 10.3. The molecule has 0 saturated heterocycles. The van der Waals surface area contributed by atoms with E-state index in [-0.39, 0.29) is 5.84 Å². The van der Waals surface area contributed by atoms with Gasteiger partial charge in [-0.3, -0.25) is 0 Å². The fraction of sp³-hybridized carbons (Fsp3) is 0.222. The Morgan fingerprint density at radius 2 is 2.43 bits per heavy atom. The number of hydrogen-bond donors (Lipinski definition) is 3. The lowest BCUT2D eigenvalue weighted by Crippen LogP contribution is -2.22. The van der Waals surface area contributed by atoms with Crippen LogP contribution in [0.1, 0.15) is 0 Å². The summed E-state index contributed by atoms with van der Waals surface area (Å²) >= 11 is 1.67. The number of rotatable bonds is 4. The molecular formula is C9H13N3OS. The van der Waals surface area contributed by atoms with E-state index in [4.69, 9.17) is 10.9 Å². The van der Waals surface area contributed by atoms with Crippen LogP contribution >= 0.6 is 11.8 Å². The molecule has 0 aliphatic heterocycles. The first-order valence-electron chi connectivity index (χ1n) is 4.10. The van der Waals surface area contributed by atoms with Crippen molar-refractivity contribution < 1.29 is 5.21 Å². The van der Waals surface area contributed by atoms with Crippen molar-refractivity contribution in [2.45, 2.75) is 4.90 Å². The summed E-state index contributed by atoms with van der Waals surface area (Å²) in [7, 11) is 0. The Morgan fingerprint density at radius 3 is 3.07 bits per heavy atom. The first-order chi connectivity index (χ1) is 6.76. The third-order valence-corrected chi connectivity index (χ3v) is 2.40. The van der Waals surface area contributed by atoms with E-state index in [9.17, 15) is 0 Å². The normalized spacial score (nSPS) is 11.4. The number of benzene rings is 1. The van der Waals surface area contributed by atoms with Crippen LogP contribution in [0.2, 0.25) is 0 Å². The lowest BCUT2D eigenvalue weighted by Gasteiger charge is -2.05. The van der Waals surface area contributed by atoms with Gasteiger partial charge in [-0.15, -0.1) is 11.8 Å². The third kappa shape index (κ3) is 3.18. The average Bonchev–Trinajstić information content (AvgIpc) is 2.26. The van der Waals surface area contributed by atoms with Crippen molar-refractivity contribution in [2.75, 3.05) is 18.1 Å². The van der Waals surface area contributed by atoms with Crippen molar-refractivity contribution >= 4 is 23.3 Å². The summed E-state index contributed by atoms with van der Waals surface area (Å²) in [5, 5.41) is 14.2. The molecule has 0 heterocycles. The fourth-order valence-electron chi connectivity index (χ4n) is 0.961. The van der Waals surface area contributed by atoms with E-state index in [0.29, 0.717) is 6.54 Å². The molecule has 0 atom stereocenters. The number of thioether (sulfide) groups is 1. The Labute approximate surface area is 87.2 Å². The molecule has 0 spiro atoms. The second-order valence-corrected chi connectivity index (χ2v) is 3.56. The molecule has 0 radical (unpaired) electrons. The molecule has 0 aromatic heterocycles. The molecule has 5 heteroatoms. The van der Waals surface area contributed by atoms with Crippen LogP contribution in [0.4, 0.5) is 5.69 Å². The molecule has 1 aromatic carbocycles. The summed E-state index contributed by atoms with van der Waals surface area (Å²) in [6.07, 6.45) is 2.02. The summed E-state index contributed by atoms with van der Waals surface area (Å²) in [6.45, 7) is 0.342. The van der Waals surface area contributed by atoms with E-state index in [1.54, 1.807) is 11.8 Å². The van der Waals surface area contributed by atoms with E-state index in [1.165, 1.54) is 4.90 Å². The average molecular weight is 211 g/mol. The van der Waals surface area contributed by atoms with Crippen molar-refractivity contribution in [3.63, 3.8) is 0 Å². The van der Waals surface area contributed by atoms with Gasteiger partial charge in [0.15, 0.2) is 5.84 Å². The van der Waals surface area contributed by atoms with Crippen LogP contribution in [0.5, 0.6) is 0 Å². The van der Waals surface area contributed by atoms with Crippen LogP contribution in [-0.4, -0.2) is 23.8 Å². The van der Waals surface area contributed by atoms with E-state index >= 15 is 0 Å². The van der Waals surface area contributed by atoms with Gasteiger partial charge in [0.2, 0.25) is 0 Å². The molecule has 0 unspecified atom stereocenters. The van der Waals surface area contributed by atoms with Crippen molar-refractivity contribution in [3.8, 4) is 0 Å². The summed E-state index contributed by atoms with van der Waals surface area (Å²) in [6, 6.07) is 7.93. The summed E-state index contributed by atoms with van der Waals surface area (Å²) in [4.78, 5) is 1.18. The number of amidine groups is 1. The van der Waals surface area contributed by atoms with Crippen molar-refractivity contribution in [1.29, 1.82) is 0 Å². The first kappa shape index (κ1) is 10.7. The number of nitrogens with one attached hydrogen (secondary N) is 1. The number of oxime groups is 1. The zero-order valence-electron chi connectivity index (χ0n) is 7.90. The number of nitrogens with two attached hydrogens (primary N) is 1. The molecule has 4 nitrogen and oxygen atoms in total. The van der Waals surface area contributed by atoms with E-state index in [1.807, 2.05) is 30.5 Å². The molecule has 1 rings (SSSR count). The van der Waals surface area contributed by atoms with Crippen LogP contribution in [0.15, 0.2) is 34.3 Å². The number of anilines is 1. The molecule has 1 aromatic rings. The smallest absolute Gasteiger partial charge is 0.158 e. The zero-order valence-corrected chi connectivity index (χ0v) is 8.71. The fourth-order valence-corrected chi connectivity index (χ4v) is 1.42. The topological polar surface area (TPSA) is 70.6 Å². The Kier molecular flexibility index (Phi) is 4.12. The minimum atomic E-state index is 0.166. The van der Waals surface area contributed by atoms with Crippen molar-refractivity contribution in [2.24, 2.45) is 10.9 Å². The van der Waals surface area contributed by atoms with Gasteiger partial charge in [0, 0.05) is 10.6 Å². The Bertz CT molecular complexity index is 328. The molecule has 14 heavy (non-hydrogen) atoms. The number of hydrogen-bond acceptors (Lipinski definition) is 4. The maximum atomic E-state index is 8.33. The minimum Gasteiger partial charge on any atom is -0.409 e. The van der Waals surface area contributed by atoms with E-state index in [0.717, 1.165) is 5.69 Å². The molecule has 4 N–H and O–H groups in total. The second kappa shape index (κ2) is 5.39. The highest BCUT2D eigenvalue weighted by molar-refractivity contribution is 7.98. The van der Waals surface area contributed by atoms with Crippen LogP contribution in [0, 0.1) is 0 Å². The van der Waals surface area contributed by atoms with Crippen LogP contribution in [0.25, 0.3) is 0 Å². The monoisotopic (exact) mass is 211 g/mol. The largest absolute Gasteiger partial charge is 0.409 e. The van der Waals surface area contributed by atoms with Gasteiger partial charge in [-0.25, -0.2) is 0 Å². The standard InChI is InChI=1S/C9H13N3OS/c1-14-8-4-2-3-7(5-8)11-6-9(10)12-13/h2-5,11,13H,6H2,1H3,(H2,10,12). The van der Waals surface area contributed by atoms with Gasteiger partial charge in [-0.1, -0.05) is 11.2 Å². The van der Waals surface area contributed by atoms with Gasteiger partial charge in [-0.2, -0.15) is 0 Å². The minimum absolute atomic E-state index is 0.166. The summed E-state index contributed by atoms with van der Waals surface area (Å²) < 4.78 is 0. The van der Waals surface area contributed by atoms with Gasteiger partial charge < -0.3 is 16.3 Å². The second-order valence-electron chi connectivity index (χ2n) is 2.68. The van der Waals surface area contributed by atoms with Crippen molar-refractivity contribution in [3.05, 3.63) is 24.3 Å². The molecule has 0 fully saturated rings. The molecule has 0 bridgehead atoms. The van der Waals surface area contributed by atoms with Crippen molar-refractivity contribution in [1.82, 2.24) is 0 Å². The van der Waals surface area contributed by atoms with Crippen LogP contribution < -0.4 is 11.1 Å². The van der Waals surface area contributed by atoms with Crippen LogP contribution in [0.3, 0.4) is 0 Å². The Hall–Kier alpha value is -1.36. The zero-order chi connectivity index (χ0) is 10.4. The summed E-state index contributed by atoms with van der Waals surface area (Å²) in [5.41, 5.74) is 6.29. The SMILES string of the molecule is CSc1cccc(NC/C(N)=N/O)c1. The third-order valence-electron chi connectivity index (χ3n) is 1.67. The number of nitrogens with zero attached hydrogens (tertiary/aromatic N) is 1. The summed E-state index contributed by atoms with van der Waals surface area (Å²) in [5.74, 6) is 0.166. The van der Waals surface area contributed by atoms with Gasteiger partial charge in [0.1, 0.15) is 0 Å². The highest BCUT2D eigenvalue weighted by atomic mass is 32.2. The molecule has 0 aliphatic rings. The van der Waals surface area contributed by atoms with Gasteiger partial charge in [0.25, 0.3) is 0 Å². The Balaban J connectivity index is 2.58.